The molecule has 0 spiro atoms. The first-order valence-corrected chi connectivity index (χ1v) is 8.76. The minimum absolute atomic E-state index is 0.156. The second-order valence-electron chi connectivity index (χ2n) is 5.71. The van der Waals surface area contributed by atoms with Crippen LogP contribution in [0.3, 0.4) is 0 Å². The molecule has 7 heteroatoms. The Morgan fingerprint density at radius 2 is 2.00 bits per heavy atom. The number of hydrazone groups is 1. The van der Waals surface area contributed by atoms with Crippen molar-refractivity contribution in [3.05, 3.63) is 59.7 Å². The van der Waals surface area contributed by atoms with E-state index in [1.165, 1.54) is 18.3 Å². The molecule has 1 amide bonds. The molecule has 6 nitrogen and oxygen atoms in total. The molecule has 0 fully saturated rings. The van der Waals surface area contributed by atoms with E-state index in [4.69, 9.17) is 0 Å². The van der Waals surface area contributed by atoms with Crippen LogP contribution in [0.4, 0.5) is 10.1 Å². The van der Waals surface area contributed by atoms with Gasteiger partial charge >= 0.3 is 0 Å². The normalized spacial score (nSPS) is 10.8. The van der Waals surface area contributed by atoms with Crippen LogP contribution in [-0.4, -0.2) is 22.2 Å². The number of nitrogens with zero attached hydrogens (tertiary/aromatic N) is 2. The van der Waals surface area contributed by atoms with E-state index in [-0.39, 0.29) is 11.7 Å². The monoisotopic (exact) mass is 366 g/mol. The number of aryl methyl sites for hydroxylation is 1. The highest BCUT2D eigenvalue weighted by atomic mass is 32.1. The average Bonchev–Trinajstić information content (AvgIpc) is 2.97. The highest BCUT2D eigenvalue weighted by Crippen LogP contribution is 2.36. The minimum Gasteiger partial charge on any atom is -0.508 e. The lowest BCUT2D eigenvalue weighted by molar-refractivity contribution is -0.114. The quantitative estimate of drug-likeness (QED) is 0.466. The highest BCUT2D eigenvalue weighted by Gasteiger charge is 2.14. The van der Waals surface area contributed by atoms with E-state index in [2.05, 4.69) is 20.8 Å². The van der Waals surface area contributed by atoms with E-state index < -0.39 is 0 Å². The topological polar surface area (TPSA) is 86.6 Å². The Bertz CT molecular complexity index is 948. The first-order chi connectivity index (χ1) is 12.5. The molecule has 1 heterocycles. The Morgan fingerprint density at radius 3 is 2.69 bits per heavy atom. The third-order valence-electron chi connectivity index (χ3n) is 3.49. The second kappa shape index (κ2) is 7.79. The maximum absolute atomic E-state index is 11.5. The Labute approximate surface area is 155 Å². The number of nitrogens with one attached hydrogen (secondary N) is 2. The summed E-state index contributed by atoms with van der Waals surface area (Å²) in [4.78, 5) is 16.0. The van der Waals surface area contributed by atoms with E-state index in [1.807, 2.05) is 37.3 Å². The van der Waals surface area contributed by atoms with Gasteiger partial charge in [-0.15, -0.1) is 0 Å². The molecule has 3 aromatic rings. The van der Waals surface area contributed by atoms with Crippen LogP contribution in [0.1, 0.15) is 18.1 Å². The van der Waals surface area contributed by atoms with Crippen LogP contribution < -0.4 is 10.7 Å². The summed E-state index contributed by atoms with van der Waals surface area (Å²) < 4.78 is 0. The SMILES string of the molecule is CC(=O)Nc1sc(NN=Cc2cccc(O)c2)nc1-c1ccc(C)cc1. The number of carbonyl (C=O) groups is 1. The van der Waals surface area contributed by atoms with Crippen LogP contribution in [-0.2, 0) is 4.79 Å². The predicted octanol–water partition coefficient (Wildman–Crippen LogP) is 4.23. The Kier molecular flexibility index (Phi) is 5.28. The molecular formula is C19H18N4O2S. The van der Waals surface area contributed by atoms with Crippen molar-refractivity contribution in [1.82, 2.24) is 4.98 Å². The fourth-order valence-electron chi connectivity index (χ4n) is 2.29. The van der Waals surface area contributed by atoms with Crippen molar-refractivity contribution < 1.29 is 9.90 Å². The van der Waals surface area contributed by atoms with E-state index in [0.29, 0.717) is 15.8 Å². The number of aromatic nitrogens is 1. The lowest BCUT2D eigenvalue weighted by atomic mass is 10.1. The van der Waals surface area contributed by atoms with Gasteiger partial charge in [-0.25, -0.2) is 4.98 Å². The molecule has 3 N–H and O–H groups in total. The number of amides is 1. The van der Waals surface area contributed by atoms with Gasteiger partial charge in [0.1, 0.15) is 16.4 Å². The summed E-state index contributed by atoms with van der Waals surface area (Å²) >= 11 is 1.31. The van der Waals surface area contributed by atoms with E-state index in [0.717, 1.165) is 16.7 Å². The van der Waals surface area contributed by atoms with Crippen molar-refractivity contribution in [1.29, 1.82) is 0 Å². The first-order valence-electron chi connectivity index (χ1n) is 7.95. The molecule has 0 saturated carbocycles. The van der Waals surface area contributed by atoms with Gasteiger partial charge in [-0.3, -0.25) is 10.2 Å². The van der Waals surface area contributed by atoms with Crippen LogP contribution >= 0.6 is 11.3 Å². The molecule has 0 radical (unpaired) electrons. The fraction of sp³-hybridized carbons (Fsp3) is 0.105. The van der Waals surface area contributed by atoms with Crippen LogP contribution in [0.25, 0.3) is 11.3 Å². The van der Waals surface area contributed by atoms with E-state index >= 15 is 0 Å². The summed E-state index contributed by atoms with van der Waals surface area (Å²) in [6.45, 7) is 3.48. The van der Waals surface area contributed by atoms with Crippen molar-refractivity contribution in [3.63, 3.8) is 0 Å². The minimum atomic E-state index is -0.156. The van der Waals surface area contributed by atoms with Crippen LogP contribution in [0, 0.1) is 6.92 Å². The largest absolute Gasteiger partial charge is 0.508 e. The molecular weight excluding hydrogens is 348 g/mol. The predicted molar refractivity (Wildman–Crippen MR) is 106 cm³/mol. The second-order valence-corrected chi connectivity index (χ2v) is 6.71. The number of thiazole rings is 1. The van der Waals surface area contributed by atoms with Crippen LogP contribution in [0.15, 0.2) is 53.6 Å². The molecule has 132 valence electrons. The summed E-state index contributed by atoms with van der Waals surface area (Å²) in [5.41, 5.74) is 6.39. The number of hydrogen-bond acceptors (Lipinski definition) is 6. The van der Waals surface area contributed by atoms with Gasteiger partial charge in [0.25, 0.3) is 0 Å². The zero-order valence-electron chi connectivity index (χ0n) is 14.4. The maximum Gasteiger partial charge on any atom is 0.221 e. The Balaban J connectivity index is 1.83. The summed E-state index contributed by atoms with van der Waals surface area (Å²) in [5.74, 6) is 0.0228. The van der Waals surface area contributed by atoms with Gasteiger partial charge < -0.3 is 10.4 Å². The number of anilines is 2. The van der Waals surface area contributed by atoms with Gasteiger partial charge in [-0.1, -0.05) is 53.3 Å². The van der Waals surface area contributed by atoms with Crippen molar-refractivity contribution in [2.75, 3.05) is 10.7 Å². The molecule has 0 bridgehead atoms. The lowest BCUT2D eigenvalue weighted by Gasteiger charge is -2.02. The molecule has 0 aliphatic carbocycles. The number of aromatic hydroxyl groups is 1. The number of benzene rings is 2. The molecule has 0 aliphatic rings. The molecule has 2 aromatic carbocycles. The molecule has 3 rings (SSSR count). The zero-order valence-corrected chi connectivity index (χ0v) is 15.2. The summed E-state index contributed by atoms with van der Waals surface area (Å²) in [6, 6.07) is 14.7. The van der Waals surface area contributed by atoms with Gasteiger partial charge in [0.15, 0.2) is 0 Å². The maximum atomic E-state index is 11.5. The number of phenols is 1. The molecule has 0 atom stereocenters. The number of carbonyl (C=O) groups excluding carboxylic acids is 1. The molecule has 0 unspecified atom stereocenters. The van der Waals surface area contributed by atoms with Gasteiger partial charge in [0, 0.05) is 12.5 Å². The van der Waals surface area contributed by atoms with E-state index in [9.17, 15) is 9.90 Å². The number of hydrogen-bond donors (Lipinski definition) is 3. The van der Waals surface area contributed by atoms with Gasteiger partial charge in [-0.2, -0.15) is 5.10 Å². The lowest BCUT2D eigenvalue weighted by Crippen LogP contribution is -2.05. The Morgan fingerprint density at radius 1 is 1.23 bits per heavy atom. The Hall–Kier alpha value is -3.19. The fourth-order valence-corrected chi connectivity index (χ4v) is 3.17. The number of rotatable bonds is 5. The van der Waals surface area contributed by atoms with E-state index in [1.54, 1.807) is 24.4 Å². The number of phenolic OH excluding ortho intramolecular Hbond substituents is 1. The standard InChI is InChI=1S/C19H18N4O2S/c1-12-6-8-15(9-7-12)17-18(21-13(2)24)26-19(22-17)23-20-11-14-4-3-5-16(25)10-14/h3-11,25H,1-2H3,(H,21,24)(H,22,23). The summed E-state index contributed by atoms with van der Waals surface area (Å²) in [5, 5.41) is 17.6. The first kappa shape index (κ1) is 17.6. The van der Waals surface area contributed by atoms with Crippen molar-refractivity contribution in [2.24, 2.45) is 5.10 Å². The van der Waals surface area contributed by atoms with Crippen LogP contribution in [0.5, 0.6) is 5.75 Å². The molecule has 0 saturated heterocycles. The molecule has 26 heavy (non-hydrogen) atoms. The summed E-state index contributed by atoms with van der Waals surface area (Å²) in [6.07, 6.45) is 1.59. The third kappa shape index (κ3) is 4.46. The van der Waals surface area contributed by atoms with Gasteiger partial charge in [-0.05, 0) is 24.6 Å². The van der Waals surface area contributed by atoms with Gasteiger partial charge in [0.2, 0.25) is 11.0 Å². The van der Waals surface area contributed by atoms with Crippen LogP contribution in [0.2, 0.25) is 0 Å². The third-order valence-corrected chi connectivity index (χ3v) is 4.36. The molecule has 1 aromatic heterocycles. The van der Waals surface area contributed by atoms with Crippen molar-refractivity contribution >= 4 is 33.6 Å². The zero-order chi connectivity index (χ0) is 18.5. The van der Waals surface area contributed by atoms with Crippen molar-refractivity contribution in [3.8, 4) is 17.0 Å². The highest BCUT2D eigenvalue weighted by molar-refractivity contribution is 7.20. The summed E-state index contributed by atoms with van der Waals surface area (Å²) in [7, 11) is 0. The smallest absolute Gasteiger partial charge is 0.221 e. The molecule has 0 aliphatic heterocycles. The average molecular weight is 366 g/mol. The van der Waals surface area contributed by atoms with Crippen molar-refractivity contribution in [2.45, 2.75) is 13.8 Å². The van der Waals surface area contributed by atoms with Gasteiger partial charge in [0.05, 0.1) is 6.21 Å².